The van der Waals surface area contributed by atoms with Gasteiger partial charge in [-0.15, -0.1) is 0 Å². The Balaban J connectivity index is 1.91. The maximum absolute atomic E-state index is 11.7. The summed E-state index contributed by atoms with van der Waals surface area (Å²) in [7, 11) is -3.46. The largest absolute Gasteiger partial charge is 0.268 e. The van der Waals surface area contributed by atoms with Gasteiger partial charge in [-0.2, -0.15) is 0 Å². The highest BCUT2D eigenvalue weighted by Crippen LogP contribution is 2.41. The lowest BCUT2D eigenvalue weighted by atomic mass is 9.78. The molecule has 0 aromatic carbocycles. The molecule has 4 aromatic heterocycles. The van der Waals surface area contributed by atoms with Crippen molar-refractivity contribution in [2.75, 3.05) is 11.0 Å². The van der Waals surface area contributed by atoms with Crippen LogP contribution in [0.5, 0.6) is 0 Å². The van der Waals surface area contributed by atoms with Crippen molar-refractivity contribution in [2.24, 2.45) is 0 Å². The van der Waals surface area contributed by atoms with E-state index in [1.165, 1.54) is 0 Å². The molecule has 156 valence electrons. The van der Waals surface area contributed by atoms with Crippen LogP contribution in [0.15, 0.2) is 91.6 Å². The summed E-state index contributed by atoms with van der Waals surface area (Å²) in [6.45, 7) is 0. The van der Waals surface area contributed by atoms with Gasteiger partial charge in [0.15, 0.2) is 0 Å². The summed E-state index contributed by atoms with van der Waals surface area (Å²) in [4.78, 5) is 17.9. The van der Waals surface area contributed by atoms with Gasteiger partial charge in [0.1, 0.15) is 5.82 Å². The van der Waals surface area contributed by atoms with Crippen LogP contribution in [-0.2, 0) is 10.0 Å². The van der Waals surface area contributed by atoms with Gasteiger partial charge in [0, 0.05) is 36.9 Å². The van der Waals surface area contributed by atoms with Crippen LogP contribution in [0.4, 0.5) is 5.82 Å². The second-order valence-corrected chi connectivity index (χ2v) is 8.85. The van der Waals surface area contributed by atoms with E-state index in [9.17, 15) is 8.42 Å². The molecule has 4 heterocycles. The third kappa shape index (κ3) is 5.10. The molecule has 4 aromatic rings. The van der Waals surface area contributed by atoms with E-state index in [4.69, 9.17) is 0 Å². The van der Waals surface area contributed by atoms with E-state index in [0.717, 1.165) is 23.1 Å². The topological polar surface area (TPSA) is 97.7 Å². The summed E-state index contributed by atoms with van der Waals surface area (Å²) in [6, 6.07) is 18.8. The van der Waals surface area contributed by atoms with Crippen LogP contribution in [0.25, 0.3) is 0 Å². The number of aromatic nitrogens is 4. The molecule has 1 atom stereocenters. The molecule has 1 N–H and O–H groups in total. The number of hydrogen-bond donors (Lipinski definition) is 1. The summed E-state index contributed by atoms with van der Waals surface area (Å²) in [5, 5.41) is 0. The third-order valence-electron chi connectivity index (χ3n) is 4.81. The average molecular weight is 432 g/mol. The lowest BCUT2D eigenvalue weighted by Crippen LogP contribution is -2.18. The van der Waals surface area contributed by atoms with Crippen LogP contribution >= 0.6 is 0 Å². The standard InChI is InChI=1S/C23H21N5O2S/c1-31(29,30)28-21-11-4-10-20(27-21)23(19-9-2-3-14-26-19)22(17-7-5-12-24-15-17)18-8-6-13-25-16-18/h2-16,22-23H,1H3,(H,27,28). The molecule has 8 heteroatoms. The molecule has 0 aliphatic carbocycles. The highest BCUT2D eigenvalue weighted by atomic mass is 32.2. The zero-order chi connectivity index (χ0) is 21.7. The van der Waals surface area contributed by atoms with Crippen LogP contribution < -0.4 is 4.72 Å². The van der Waals surface area contributed by atoms with E-state index in [1.54, 1.807) is 30.7 Å². The summed E-state index contributed by atoms with van der Waals surface area (Å²) >= 11 is 0. The van der Waals surface area contributed by atoms with Crippen LogP contribution in [0, 0.1) is 0 Å². The van der Waals surface area contributed by atoms with Crippen LogP contribution in [-0.4, -0.2) is 34.6 Å². The fourth-order valence-corrected chi connectivity index (χ4v) is 4.12. The number of nitrogens with one attached hydrogen (secondary N) is 1. The van der Waals surface area contributed by atoms with E-state index in [-0.39, 0.29) is 17.7 Å². The Kier molecular flexibility index (Phi) is 5.99. The second kappa shape index (κ2) is 9.01. The van der Waals surface area contributed by atoms with E-state index < -0.39 is 10.0 Å². The molecule has 0 saturated carbocycles. The molecule has 0 aliphatic heterocycles. The van der Waals surface area contributed by atoms with E-state index in [1.807, 2.05) is 60.9 Å². The Hall–Kier alpha value is -3.65. The minimum absolute atomic E-state index is 0.182. The molecule has 31 heavy (non-hydrogen) atoms. The summed E-state index contributed by atoms with van der Waals surface area (Å²) in [5.74, 6) is -0.216. The van der Waals surface area contributed by atoms with Gasteiger partial charge < -0.3 is 0 Å². The van der Waals surface area contributed by atoms with Crippen molar-refractivity contribution in [3.63, 3.8) is 0 Å². The maximum Gasteiger partial charge on any atom is 0.230 e. The van der Waals surface area contributed by atoms with Crippen LogP contribution in [0.3, 0.4) is 0 Å². The predicted molar refractivity (Wildman–Crippen MR) is 119 cm³/mol. The predicted octanol–water partition coefficient (Wildman–Crippen LogP) is 3.60. The normalized spacial score (nSPS) is 12.5. The lowest BCUT2D eigenvalue weighted by Gasteiger charge is -2.27. The molecule has 0 amide bonds. The SMILES string of the molecule is CS(=O)(=O)Nc1cccc(C(c2ccccn2)C(c2cccnc2)c2cccnc2)n1. The Morgan fingerprint density at radius 2 is 1.42 bits per heavy atom. The fourth-order valence-electron chi connectivity index (χ4n) is 3.62. The van der Waals surface area contributed by atoms with Crippen molar-refractivity contribution in [2.45, 2.75) is 11.8 Å². The number of nitrogens with zero attached hydrogens (tertiary/aromatic N) is 4. The van der Waals surface area contributed by atoms with Crippen molar-refractivity contribution in [3.8, 4) is 0 Å². The van der Waals surface area contributed by atoms with Gasteiger partial charge in [0.2, 0.25) is 10.0 Å². The third-order valence-corrected chi connectivity index (χ3v) is 5.39. The summed E-state index contributed by atoms with van der Waals surface area (Å²) in [5.41, 5.74) is 3.46. The molecular formula is C23H21N5O2S. The van der Waals surface area contributed by atoms with Gasteiger partial charge in [0.25, 0.3) is 0 Å². The Morgan fingerprint density at radius 1 is 0.742 bits per heavy atom. The Bertz CT molecular complexity index is 1200. The first-order chi connectivity index (χ1) is 15.0. The molecule has 0 aliphatic rings. The van der Waals surface area contributed by atoms with Gasteiger partial charge in [-0.1, -0.05) is 24.3 Å². The van der Waals surface area contributed by atoms with Gasteiger partial charge in [-0.05, 0) is 47.5 Å². The molecule has 0 bridgehead atoms. The second-order valence-electron chi connectivity index (χ2n) is 7.10. The van der Waals surface area contributed by atoms with E-state index >= 15 is 0 Å². The molecule has 0 saturated heterocycles. The number of hydrogen-bond acceptors (Lipinski definition) is 6. The smallest absolute Gasteiger partial charge is 0.230 e. The summed E-state index contributed by atoms with van der Waals surface area (Å²) in [6.07, 6.45) is 9.96. The van der Waals surface area contributed by atoms with Crippen molar-refractivity contribution in [1.82, 2.24) is 19.9 Å². The minimum atomic E-state index is -3.46. The van der Waals surface area contributed by atoms with Crippen LogP contribution in [0.1, 0.15) is 34.4 Å². The highest BCUT2D eigenvalue weighted by molar-refractivity contribution is 7.92. The molecule has 1 unspecified atom stereocenters. The first-order valence-electron chi connectivity index (χ1n) is 9.67. The van der Waals surface area contributed by atoms with Gasteiger partial charge in [-0.3, -0.25) is 19.7 Å². The van der Waals surface area contributed by atoms with E-state index in [2.05, 4.69) is 24.7 Å². The number of sulfonamides is 1. The first kappa shape index (κ1) is 20.6. The van der Waals surface area contributed by atoms with Crippen LogP contribution in [0.2, 0.25) is 0 Å². The number of rotatable bonds is 7. The van der Waals surface area contributed by atoms with Crippen molar-refractivity contribution >= 4 is 15.8 Å². The molecule has 0 radical (unpaired) electrons. The van der Waals surface area contributed by atoms with Crippen molar-refractivity contribution in [1.29, 1.82) is 0 Å². The van der Waals surface area contributed by atoms with Crippen molar-refractivity contribution < 1.29 is 8.42 Å². The number of anilines is 1. The number of pyridine rings is 4. The molecule has 7 nitrogen and oxygen atoms in total. The summed E-state index contributed by atoms with van der Waals surface area (Å²) < 4.78 is 26.0. The molecular weight excluding hydrogens is 410 g/mol. The first-order valence-corrected chi connectivity index (χ1v) is 11.6. The zero-order valence-electron chi connectivity index (χ0n) is 16.8. The van der Waals surface area contributed by atoms with Gasteiger partial charge >= 0.3 is 0 Å². The lowest BCUT2D eigenvalue weighted by molar-refractivity contribution is 0.606. The molecule has 0 fully saturated rings. The maximum atomic E-state index is 11.7. The fraction of sp³-hybridized carbons (Fsp3) is 0.130. The van der Waals surface area contributed by atoms with Crippen molar-refractivity contribution in [3.05, 3.63) is 114 Å². The minimum Gasteiger partial charge on any atom is -0.268 e. The molecule has 0 spiro atoms. The Labute approximate surface area is 181 Å². The average Bonchev–Trinajstić information content (AvgIpc) is 2.78. The Morgan fingerprint density at radius 3 is 1.97 bits per heavy atom. The highest BCUT2D eigenvalue weighted by Gasteiger charge is 2.31. The quantitative estimate of drug-likeness (QED) is 0.480. The molecule has 4 rings (SSSR count). The zero-order valence-corrected chi connectivity index (χ0v) is 17.6. The monoisotopic (exact) mass is 431 g/mol. The van der Waals surface area contributed by atoms with Gasteiger partial charge in [0.05, 0.1) is 23.6 Å². The van der Waals surface area contributed by atoms with Gasteiger partial charge in [-0.25, -0.2) is 13.4 Å². The van der Waals surface area contributed by atoms with E-state index in [0.29, 0.717) is 5.69 Å².